The number of hydrogen-bond acceptors (Lipinski definition) is 6. The molecule has 2 aromatic rings. The van der Waals surface area contributed by atoms with Crippen LogP contribution in [-0.4, -0.2) is 29.8 Å². The number of benzene rings is 1. The van der Waals surface area contributed by atoms with Crippen molar-refractivity contribution in [1.82, 2.24) is 10.3 Å². The zero-order valence-electron chi connectivity index (χ0n) is 14.2. The first-order valence-electron chi connectivity index (χ1n) is 8.63. The fraction of sp³-hybridized carbons (Fsp3) is 0.412. The summed E-state index contributed by atoms with van der Waals surface area (Å²) in [7, 11) is -3.71. The molecule has 3 N–H and O–H groups in total. The van der Waals surface area contributed by atoms with E-state index >= 15 is 0 Å². The van der Waals surface area contributed by atoms with Crippen molar-refractivity contribution >= 4 is 44.5 Å². The number of carbonyl (C=O) groups excluding carboxylic acids is 1. The second kappa shape index (κ2) is 6.96. The van der Waals surface area contributed by atoms with Gasteiger partial charge in [0.05, 0.1) is 38.1 Å². The second-order valence-electron chi connectivity index (χ2n) is 6.72. The summed E-state index contributed by atoms with van der Waals surface area (Å²) in [6.07, 6.45) is 3.73. The van der Waals surface area contributed by atoms with Gasteiger partial charge in [0, 0.05) is 0 Å². The number of amides is 2. The number of aromatic hydroxyl groups is 1. The van der Waals surface area contributed by atoms with Crippen LogP contribution in [0.5, 0.6) is 5.75 Å². The predicted octanol–water partition coefficient (Wildman–Crippen LogP) is 3.64. The number of carbonyl (C=O) groups is 1. The van der Waals surface area contributed by atoms with Gasteiger partial charge in [0.2, 0.25) is 0 Å². The molecule has 2 aliphatic rings. The van der Waals surface area contributed by atoms with Crippen LogP contribution in [-0.2, 0) is 16.3 Å². The molecule has 1 aromatic carbocycles. The molecular weight excluding hydrogens is 410 g/mol. The first-order chi connectivity index (χ1) is 12.9. The van der Waals surface area contributed by atoms with Crippen molar-refractivity contribution in [2.75, 3.05) is 5.32 Å². The van der Waals surface area contributed by atoms with Crippen LogP contribution in [0, 0.1) is 0 Å². The van der Waals surface area contributed by atoms with Gasteiger partial charge >= 0.3 is 6.03 Å². The number of sulfone groups is 1. The molecule has 0 bridgehead atoms. The first kappa shape index (κ1) is 18.5. The number of anilines is 1. The number of nitrogens with zero attached hydrogens (tertiary/aromatic N) is 1. The number of fused-ring (bicyclic) bond motifs is 1. The highest BCUT2D eigenvalue weighted by Crippen LogP contribution is 2.43. The summed E-state index contributed by atoms with van der Waals surface area (Å²) in [5.74, 6) is -0.522. The van der Waals surface area contributed by atoms with Gasteiger partial charge in [-0.1, -0.05) is 11.6 Å². The molecule has 1 aromatic heterocycles. The Balaban J connectivity index is 1.54. The van der Waals surface area contributed by atoms with E-state index in [1.54, 1.807) is 5.51 Å². The number of thiazole rings is 1. The summed E-state index contributed by atoms with van der Waals surface area (Å²) >= 11 is 7.52. The summed E-state index contributed by atoms with van der Waals surface area (Å²) in [5.41, 5.74) is 2.78. The van der Waals surface area contributed by atoms with Gasteiger partial charge in [-0.3, -0.25) is 0 Å². The molecule has 144 valence electrons. The fourth-order valence-electron chi connectivity index (χ4n) is 3.27. The quantitative estimate of drug-likeness (QED) is 0.645. The molecule has 0 radical (unpaired) electrons. The van der Waals surface area contributed by atoms with Crippen LogP contribution in [0.3, 0.4) is 0 Å². The molecule has 27 heavy (non-hydrogen) atoms. The van der Waals surface area contributed by atoms with E-state index in [4.69, 9.17) is 11.6 Å². The van der Waals surface area contributed by atoms with Crippen LogP contribution in [0.15, 0.2) is 22.5 Å². The van der Waals surface area contributed by atoms with Crippen LogP contribution in [0.4, 0.5) is 10.5 Å². The summed E-state index contributed by atoms with van der Waals surface area (Å²) in [6, 6.07) is 2.09. The average Bonchev–Trinajstić information content (AvgIpc) is 3.36. The SMILES string of the molecule is O=C(Nc1ccc(Cl)c(S(=O)(=O)C2CC2)c1O)NC1CCCc2ncsc21. The standard InChI is InChI=1S/C17H18ClN3O4S2/c18-10-6-7-11(14(22)16(10)27(24,25)9-4-5-9)20-17(23)21-13-3-1-2-12-15(13)26-8-19-12/h6-9,13,22H,1-5H2,(H2,20,21,23). The maximum absolute atomic E-state index is 12.5. The van der Waals surface area contributed by atoms with E-state index in [0.29, 0.717) is 12.8 Å². The van der Waals surface area contributed by atoms with E-state index < -0.39 is 26.9 Å². The number of aryl methyl sites for hydroxylation is 1. The van der Waals surface area contributed by atoms with E-state index in [2.05, 4.69) is 15.6 Å². The van der Waals surface area contributed by atoms with Gasteiger partial charge in [0.15, 0.2) is 15.6 Å². The van der Waals surface area contributed by atoms with Gasteiger partial charge in [-0.25, -0.2) is 18.2 Å². The van der Waals surface area contributed by atoms with E-state index in [0.717, 1.165) is 29.8 Å². The van der Waals surface area contributed by atoms with E-state index in [1.165, 1.54) is 23.5 Å². The normalized spacial score (nSPS) is 19.4. The smallest absolute Gasteiger partial charge is 0.319 e. The number of aromatic nitrogens is 1. The highest BCUT2D eigenvalue weighted by atomic mass is 35.5. The van der Waals surface area contributed by atoms with E-state index in [9.17, 15) is 18.3 Å². The number of hydrogen-bond donors (Lipinski definition) is 3. The number of phenolic OH excluding ortho intramolecular Hbond substituents is 1. The lowest BCUT2D eigenvalue weighted by molar-refractivity contribution is 0.247. The Morgan fingerprint density at radius 3 is 2.81 bits per heavy atom. The average molecular weight is 428 g/mol. The fourth-order valence-corrected chi connectivity index (χ4v) is 6.48. The van der Waals surface area contributed by atoms with Crippen LogP contribution < -0.4 is 10.6 Å². The Bertz CT molecular complexity index is 1000. The highest BCUT2D eigenvalue weighted by molar-refractivity contribution is 7.92. The number of nitrogens with one attached hydrogen (secondary N) is 2. The third kappa shape index (κ3) is 3.51. The molecule has 7 nitrogen and oxygen atoms in total. The molecule has 0 spiro atoms. The van der Waals surface area contributed by atoms with Crippen molar-refractivity contribution in [3.8, 4) is 5.75 Å². The third-order valence-electron chi connectivity index (χ3n) is 4.78. The second-order valence-corrected chi connectivity index (χ2v) is 10.2. The zero-order chi connectivity index (χ0) is 19.2. The Labute approximate surface area is 165 Å². The molecule has 2 amide bonds. The maximum atomic E-state index is 12.5. The Morgan fingerprint density at radius 2 is 2.07 bits per heavy atom. The van der Waals surface area contributed by atoms with Gasteiger partial charge in [-0.2, -0.15) is 0 Å². The van der Waals surface area contributed by atoms with Crippen LogP contribution >= 0.6 is 22.9 Å². The minimum absolute atomic E-state index is 0.0106. The van der Waals surface area contributed by atoms with Crippen molar-refractivity contribution in [2.24, 2.45) is 0 Å². The lowest BCUT2D eigenvalue weighted by Crippen LogP contribution is -2.34. The molecule has 1 unspecified atom stereocenters. The van der Waals surface area contributed by atoms with Crippen LogP contribution in [0.25, 0.3) is 0 Å². The van der Waals surface area contributed by atoms with Gasteiger partial charge in [0.1, 0.15) is 4.90 Å². The van der Waals surface area contributed by atoms with E-state index in [1.807, 2.05) is 0 Å². The Kier molecular flexibility index (Phi) is 4.77. The lowest BCUT2D eigenvalue weighted by Gasteiger charge is -2.23. The first-order valence-corrected chi connectivity index (χ1v) is 11.4. The van der Waals surface area contributed by atoms with Gasteiger partial charge in [-0.05, 0) is 44.2 Å². The van der Waals surface area contributed by atoms with Crippen molar-refractivity contribution < 1.29 is 18.3 Å². The molecule has 2 aliphatic carbocycles. The van der Waals surface area contributed by atoms with Crippen molar-refractivity contribution in [2.45, 2.75) is 48.3 Å². The zero-order valence-corrected chi connectivity index (χ0v) is 16.6. The molecule has 1 atom stereocenters. The van der Waals surface area contributed by atoms with Crippen molar-refractivity contribution in [3.05, 3.63) is 33.2 Å². The monoisotopic (exact) mass is 427 g/mol. The maximum Gasteiger partial charge on any atom is 0.319 e. The highest BCUT2D eigenvalue weighted by Gasteiger charge is 2.40. The van der Waals surface area contributed by atoms with E-state index in [-0.39, 0.29) is 21.6 Å². The Hall–Kier alpha value is -1.84. The van der Waals surface area contributed by atoms with Crippen molar-refractivity contribution in [3.63, 3.8) is 0 Å². The summed E-state index contributed by atoms with van der Waals surface area (Å²) in [4.78, 5) is 17.5. The van der Waals surface area contributed by atoms with Crippen molar-refractivity contribution in [1.29, 1.82) is 0 Å². The van der Waals surface area contributed by atoms with Crippen LogP contribution in [0.1, 0.15) is 42.3 Å². The van der Waals surface area contributed by atoms with Crippen LogP contribution in [0.2, 0.25) is 5.02 Å². The van der Waals surface area contributed by atoms with Gasteiger partial charge < -0.3 is 15.7 Å². The number of rotatable bonds is 4. The molecule has 1 saturated carbocycles. The summed E-state index contributed by atoms with van der Waals surface area (Å²) in [5, 5.41) is 15.3. The molecule has 1 heterocycles. The summed E-state index contributed by atoms with van der Waals surface area (Å²) < 4.78 is 25.0. The Morgan fingerprint density at radius 1 is 1.30 bits per heavy atom. The third-order valence-corrected chi connectivity index (χ3v) is 8.52. The number of phenols is 1. The molecule has 4 rings (SSSR count). The lowest BCUT2D eigenvalue weighted by atomic mass is 9.98. The minimum Gasteiger partial charge on any atom is -0.504 e. The minimum atomic E-state index is -3.71. The van der Waals surface area contributed by atoms with Gasteiger partial charge in [0.25, 0.3) is 0 Å². The largest absolute Gasteiger partial charge is 0.504 e. The topological polar surface area (TPSA) is 108 Å². The molecule has 10 heteroatoms. The van der Waals surface area contributed by atoms with Gasteiger partial charge in [-0.15, -0.1) is 11.3 Å². The number of urea groups is 1. The molecule has 0 saturated heterocycles. The molecular formula is C17H18ClN3O4S2. The molecule has 1 fully saturated rings. The predicted molar refractivity (Wildman–Crippen MR) is 103 cm³/mol. The molecule has 0 aliphatic heterocycles. The number of halogens is 1. The summed E-state index contributed by atoms with van der Waals surface area (Å²) in [6.45, 7) is 0.